The summed E-state index contributed by atoms with van der Waals surface area (Å²) in [6.45, 7) is 9.89. The molecule has 9 heteroatoms. The smallest absolute Gasteiger partial charge is 0.216 e. The van der Waals surface area contributed by atoms with Gasteiger partial charge in [-0.15, -0.1) is 0 Å². The molecule has 0 saturated carbocycles. The largest absolute Gasteiger partial charge is 0.378 e. The summed E-state index contributed by atoms with van der Waals surface area (Å²) in [4.78, 5) is 6.86. The van der Waals surface area contributed by atoms with Gasteiger partial charge in [0.2, 0.25) is 10.0 Å². The van der Waals surface area contributed by atoms with Crippen molar-refractivity contribution in [1.82, 2.24) is 14.5 Å². The number of nitrogens with one attached hydrogen (secondary N) is 1. The van der Waals surface area contributed by atoms with Gasteiger partial charge in [-0.3, -0.25) is 4.99 Å². The molecule has 27 heavy (non-hydrogen) atoms. The van der Waals surface area contributed by atoms with Crippen molar-refractivity contribution >= 4 is 27.3 Å². The molecule has 1 fully saturated rings. The SMILES string of the molecule is CCNC(=NCCc1ccsc1)N1CCN(S(=O)(=O)CCOC(C)C)CC1. The van der Waals surface area contributed by atoms with Gasteiger partial charge in [0, 0.05) is 39.3 Å². The molecule has 0 aliphatic carbocycles. The first-order chi connectivity index (χ1) is 12.9. The minimum Gasteiger partial charge on any atom is -0.378 e. The van der Waals surface area contributed by atoms with Crippen LogP contribution >= 0.6 is 11.3 Å². The lowest BCUT2D eigenvalue weighted by molar-refractivity contribution is 0.0904. The Balaban J connectivity index is 1.85. The van der Waals surface area contributed by atoms with E-state index in [1.165, 1.54) is 5.56 Å². The predicted molar refractivity (Wildman–Crippen MR) is 112 cm³/mol. The molecule has 1 aliphatic rings. The fourth-order valence-corrected chi connectivity index (χ4v) is 4.84. The zero-order valence-electron chi connectivity index (χ0n) is 16.6. The number of hydrogen-bond acceptors (Lipinski definition) is 5. The Bertz CT molecular complexity index is 667. The number of guanidine groups is 1. The van der Waals surface area contributed by atoms with Crippen LogP contribution in [-0.2, 0) is 21.2 Å². The molecule has 2 rings (SSSR count). The number of thiophene rings is 1. The summed E-state index contributed by atoms with van der Waals surface area (Å²) in [5.41, 5.74) is 1.30. The lowest BCUT2D eigenvalue weighted by Crippen LogP contribution is -2.54. The Kier molecular flexibility index (Phi) is 9.01. The van der Waals surface area contributed by atoms with E-state index in [2.05, 4.69) is 27.0 Å². The van der Waals surface area contributed by atoms with E-state index in [4.69, 9.17) is 9.73 Å². The molecule has 0 aromatic carbocycles. The molecule has 0 bridgehead atoms. The second-order valence-corrected chi connectivity index (χ2v) is 9.61. The number of sulfonamides is 1. The van der Waals surface area contributed by atoms with Gasteiger partial charge in [0.15, 0.2) is 5.96 Å². The van der Waals surface area contributed by atoms with Gasteiger partial charge in [0.1, 0.15) is 0 Å². The summed E-state index contributed by atoms with van der Waals surface area (Å²) in [5, 5.41) is 7.55. The Morgan fingerprint density at radius 2 is 2.07 bits per heavy atom. The summed E-state index contributed by atoms with van der Waals surface area (Å²) in [7, 11) is -3.26. The maximum absolute atomic E-state index is 12.5. The van der Waals surface area contributed by atoms with E-state index in [0.29, 0.717) is 26.2 Å². The fraction of sp³-hybridized carbons (Fsp3) is 0.722. The zero-order chi connectivity index (χ0) is 19.7. The van der Waals surface area contributed by atoms with Gasteiger partial charge in [0.25, 0.3) is 0 Å². The average Bonchev–Trinajstić information content (AvgIpc) is 3.14. The van der Waals surface area contributed by atoms with E-state index < -0.39 is 10.0 Å². The van der Waals surface area contributed by atoms with Crippen LogP contribution in [0.5, 0.6) is 0 Å². The molecule has 0 radical (unpaired) electrons. The second-order valence-electron chi connectivity index (χ2n) is 6.74. The van der Waals surface area contributed by atoms with Crippen LogP contribution in [0, 0.1) is 0 Å². The molecule has 0 atom stereocenters. The lowest BCUT2D eigenvalue weighted by Gasteiger charge is -2.36. The molecule has 7 nitrogen and oxygen atoms in total. The van der Waals surface area contributed by atoms with E-state index in [9.17, 15) is 8.42 Å². The molecular formula is C18H32N4O3S2. The third-order valence-electron chi connectivity index (χ3n) is 4.30. The summed E-state index contributed by atoms with van der Waals surface area (Å²) in [5.74, 6) is 0.910. The molecular weight excluding hydrogens is 384 g/mol. The summed E-state index contributed by atoms with van der Waals surface area (Å²) in [6.07, 6.45) is 0.966. The number of ether oxygens (including phenoxy) is 1. The van der Waals surface area contributed by atoms with Crippen molar-refractivity contribution in [1.29, 1.82) is 0 Å². The Hall–Kier alpha value is -1.16. The van der Waals surface area contributed by atoms with E-state index in [1.807, 2.05) is 20.8 Å². The van der Waals surface area contributed by atoms with Crippen LogP contribution in [0.25, 0.3) is 0 Å². The highest BCUT2D eigenvalue weighted by molar-refractivity contribution is 7.89. The van der Waals surface area contributed by atoms with Gasteiger partial charge < -0.3 is 15.0 Å². The van der Waals surface area contributed by atoms with E-state index in [-0.39, 0.29) is 18.5 Å². The van der Waals surface area contributed by atoms with Crippen molar-refractivity contribution in [3.63, 3.8) is 0 Å². The Morgan fingerprint density at radius 3 is 2.67 bits per heavy atom. The van der Waals surface area contributed by atoms with Crippen LogP contribution in [0.3, 0.4) is 0 Å². The molecule has 1 aliphatic heterocycles. The first kappa shape index (κ1) is 22.1. The standard InChI is InChI=1S/C18H32N4O3S2/c1-4-19-18(20-7-5-17-6-13-26-15-17)21-8-10-22(11-9-21)27(23,24)14-12-25-16(2)3/h6,13,15-16H,4-5,7-12,14H2,1-3H3,(H,19,20). The van der Waals surface area contributed by atoms with Crippen LogP contribution in [-0.4, -0.2) is 81.3 Å². The molecule has 2 heterocycles. The van der Waals surface area contributed by atoms with Gasteiger partial charge in [-0.1, -0.05) is 0 Å². The molecule has 0 unspecified atom stereocenters. The average molecular weight is 417 g/mol. The van der Waals surface area contributed by atoms with Crippen LogP contribution in [0.2, 0.25) is 0 Å². The fourth-order valence-electron chi connectivity index (χ4n) is 2.85. The van der Waals surface area contributed by atoms with Gasteiger partial charge in [-0.05, 0) is 49.6 Å². The molecule has 1 aromatic heterocycles. The van der Waals surface area contributed by atoms with Crippen molar-refractivity contribution in [2.24, 2.45) is 4.99 Å². The molecule has 1 saturated heterocycles. The van der Waals surface area contributed by atoms with Gasteiger partial charge in [-0.2, -0.15) is 15.6 Å². The van der Waals surface area contributed by atoms with Crippen LogP contribution in [0.15, 0.2) is 21.8 Å². The third-order valence-corrected chi connectivity index (χ3v) is 6.87. The van der Waals surface area contributed by atoms with Crippen molar-refractivity contribution in [3.8, 4) is 0 Å². The van der Waals surface area contributed by atoms with E-state index in [1.54, 1.807) is 15.6 Å². The van der Waals surface area contributed by atoms with Crippen molar-refractivity contribution in [2.45, 2.75) is 33.3 Å². The predicted octanol–water partition coefficient (Wildman–Crippen LogP) is 1.63. The summed E-state index contributed by atoms with van der Waals surface area (Å²) < 4.78 is 31.9. The van der Waals surface area contributed by atoms with Crippen molar-refractivity contribution in [3.05, 3.63) is 22.4 Å². The first-order valence-corrected chi connectivity index (χ1v) is 12.1. The highest BCUT2D eigenvalue weighted by atomic mass is 32.2. The van der Waals surface area contributed by atoms with Crippen LogP contribution in [0.4, 0.5) is 0 Å². The van der Waals surface area contributed by atoms with Gasteiger partial charge in [0.05, 0.1) is 18.5 Å². The number of rotatable bonds is 9. The van der Waals surface area contributed by atoms with E-state index in [0.717, 1.165) is 25.5 Å². The molecule has 1 N–H and O–H groups in total. The number of hydrogen-bond donors (Lipinski definition) is 1. The lowest BCUT2D eigenvalue weighted by atomic mass is 10.2. The van der Waals surface area contributed by atoms with Crippen LogP contribution < -0.4 is 5.32 Å². The monoisotopic (exact) mass is 416 g/mol. The summed E-state index contributed by atoms with van der Waals surface area (Å²) >= 11 is 1.70. The highest BCUT2D eigenvalue weighted by Gasteiger charge is 2.27. The second kappa shape index (κ2) is 11.0. The quantitative estimate of drug-likeness (QED) is 0.489. The number of piperazine rings is 1. The maximum Gasteiger partial charge on any atom is 0.216 e. The summed E-state index contributed by atoms with van der Waals surface area (Å²) in [6, 6.07) is 2.12. The normalized spacial score (nSPS) is 16.9. The Morgan fingerprint density at radius 1 is 1.33 bits per heavy atom. The Labute approximate surface area is 167 Å². The minimum atomic E-state index is -3.26. The molecule has 1 aromatic rings. The number of nitrogens with zero attached hydrogens (tertiary/aromatic N) is 3. The van der Waals surface area contributed by atoms with Gasteiger partial charge in [-0.25, -0.2) is 8.42 Å². The number of aliphatic imine (C=N–C) groups is 1. The van der Waals surface area contributed by atoms with Crippen LogP contribution in [0.1, 0.15) is 26.3 Å². The molecule has 154 valence electrons. The van der Waals surface area contributed by atoms with Crippen molar-refractivity contribution in [2.75, 3.05) is 51.6 Å². The zero-order valence-corrected chi connectivity index (χ0v) is 18.2. The first-order valence-electron chi connectivity index (χ1n) is 9.56. The highest BCUT2D eigenvalue weighted by Crippen LogP contribution is 2.10. The maximum atomic E-state index is 12.5. The topological polar surface area (TPSA) is 74.2 Å². The van der Waals surface area contributed by atoms with Crippen molar-refractivity contribution < 1.29 is 13.2 Å². The van der Waals surface area contributed by atoms with Gasteiger partial charge >= 0.3 is 0 Å². The third kappa shape index (κ3) is 7.40. The molecule has 0 amide bonds. The minimum absolute atomic E-state index is 0.0416. The van der Waals surface area contributed by atoms with E-state index >= 15 is 0 Å². The molecule has 0 spiro atoms.